The summed E-state index contributed by atoms with van der Waals surface area (Å²) in [7, 11) is 0. The maximum atomic E-state index is 14.0. The SMILES string of the molecule is CC(C)(C)OC(=O)O[C@H]1CCN(c2nc3ccccc3n(C3CCN(C4CCCCCCC4)CC3)c2=O)C1. The van der Waals surface area contributed by atoms with Crippen molar-refractivity contribution in [3.8, 4) is 0 Å². The highest BCUT2D eigenvalue weighted by molar-refractivity contribution is 5.76. The molecule has 2 aliphatic heterocycles. The molecule has 8 heteroatoms. The van der Waals surface area contributed by atoms with Crippen LogP contribution in [0.1, 0.15) is 91.0 Å². The van der Waals surface area contributed by atoms with Gasteiger partial charge < -0.3 is 23.8 Å². The van der Waals surface area contributed by atoms with Crippen molar-refractivity contribution < 1.29 is 14.3 Å². The molecule has 2 aromatic rings. The van der Waals surface area contributed by atoms with Gasteiger partial charge in [-0.3, -0.25) is 4.79 Å². The van der Waals surface area contributed by atoms with E-state index < -0.39 is 11.8 Å². The van der Waals surface area contributed by atoms with Gasteiger partial charge >= 0.3 is 6.16 Å². The highest BCUT2D eigenvalue weighted by Crippen LogP contribution is 2.30. The molecule has 2 saturated heterocycles. The topological polar surface area (TPSA) is 76.9 Å². The fourth-order valence-electron chi connectivity index (χ4n) is 6.45. The minimum absolute atomic E-state index is 0.0361. The molecule has 208 valence electrons. The highest BCUT2D eigenvalue weighted by atomic mass is 16.7. The molecular weight excluding hydrogens is 480 g/mol. The van der Waals surface area contributed by atoms with Gasteiger partial charge in [0.2, 0.25) is 0 Å². The zero-order valence-electron chi connectivity index (χ0n) is 23.4. The average molecular weight is 525 g/mol. The van der Waals surface area contributed by atoms with Crippen molar-refractivity contribution in [3.63, 3.8) is 0 Å². The van der Waals surface area contributed by atoms with Crippen LogP contribution in [-0.4, -0.2) is 64.5 Å². The van der Waals surface area contributed by atoms with Crippen LogP contribution in [0.25, 0.3) is 11.0 Å². The number of aromatic nitrogens is 2. The second-order valence-corrected chi connectivity index (χ2v) is 12.3. The van der Waals surface area contributed by atoms with E-state index in [0.717, 1.165) is 37.0 Å². The molecule has 1 atom stereocenters. The third-order valence-corrected chi connectivity index (χ3v) is 8.33. The Hall–Kier alpha value is -2.61. The van der Waals surface area contributed by atoms with E-state index in [2.05, 4.69) is 4.90 Å². The number of anilines is 1. The van der Waals surface area contributed by atoms with Gasteiger partial charge in [0.25, 0.3) is 5.56 Å². The van der Waals surface area contributed by atoms with Crippen LogP contribution >= 0.6 is 0 Å². The summed E-state index contributed by atoms with van der Waals surface area (Å²) in [6, 6.07) is 8.84. The first kappa shape index (κ1) is 27.0. The summed E-state index contributed by atoms with van der Waals surface area (Å²) in [6.07, 6.45) is 11.1. The number of likely N-dealkylation sites (tertiary alicyclic amines) is 1. The first-order chi connectivity index (χ1) is 18.3. The lowest BCUT2D eigenvalue weighted by molar-refractivity contribution is -0.0225. The molecule has 0 amide bonds. The number of ether oxygens (including phenoxy) is 2. The number of benzene rings is 1. The lowest BCUT2D eigenvalue weighted by atomic mass is 9.93. The van der Waals surface area contributed by atoms with Gasteiger partial charge in [-0.2, -0.15) is 0 Å². The van der Waals surface area contributed by atoms with Crippen LogP contribution < -0.4 is 10.5 Å². The van der Waals surface area contributed by atoms with Crippen LogP contribution in [0.3, 0.4) is 0 Å². The number of para-hydroxylation sites is 2. The first-order valence-electron chi connectivity index (χ1n) is 14.7. The fourth-order valence-corrected chi connectivity index (χ4v) is 6.45. The van der Waals surface area contributed by atoms with Gasteiger partial charge in [-0.05, 0) is 58.6 Å². The summed E-state index contributed by atoms with van der Waals surface area (Å²) in [5.41, 5.74) is 1.10. The fraction of sp³-hybridized carbons (Fsp3) is 0.700. The van der Waals surface area contributed by atoms with Crippen LogP contribution in [0.2, 0.25) is 0 Å². The molecule has 0 unspecified atom stereocenters. The number of hydrogen-bond acceptors (Lipinski definition) is 7. The van der Waals surface area contributed by atoms with Gasteiger partial charge in [-0.1, -0.05) is 44.2 Å². The third kappa shape index (κ3) is 6.33. The van der Waals surface area contributed by atoms with E-state index in [0.29, 0.717) is 31.4 Å². The molecule has 0 spiro atoms. The van der Waals surface area contributed by atoms with Gasteiger partial charge in [-0.25, -0.2) is 9.78 Å². The van der Waals surface area contributed by atoms with E-state index in [9.17, 15) is 9.59 Å². The van der Waals surface area contributed by atoms with E-state index in [-0.39, 0.29) is 17.7 Å². The van der Waals surface area contributed by atoms with Crippen LogP contribution in [0.5, 0.6) is 0 Å². The number of carbonyl (C=O) groups excluding carboxylic acids is 1. The number of carbonyl (C=O) groups is 1. The van der Waals surface area contributed by atoms with Gasteiger partial charge in [0, 0.05) is 38.1 Å². The summed E-state index contributed by atoms with van der Waals surface area (Å²) >= 11 is 0. The number of nitrogens with zero attached hydrogens (tertiary/aromatic N) is 4. The summed E-state index contributed by atoms with van der Waals surface area (Å²) < 4.78 is 12.9. The van der Waals surface area contributed by atoms with Crippen LogP contribution in [0.4, 0.5) is 10.6 Å². The van der Waals surface area contributed by atoms with Gasteiger partial charge in [0.1, 0.15) is 11.7 Å². The molecule has 1 saturated carbocycles. The molecule has 1 aromatic heterocycles. The largest absolute Gasteiger partial charge is 0.509 e. The van der Waals surface area contributed by atoms with E-state index in [1.165, 1.54) is 44.9 Å². The smallest absolute Gasteiger partial charge is 0.429 e. The van der Waals surface area contributed by atoms with Crippen molar-refractivity contribution in [2.24, 2.45) is 0 Å². The zero-order chi connectivity index (χ0) is 26.7. The Morgan fingerprint density at radius 2 is 1.58 bits per heavy atom. The van der Waals surface area contributed by atoms with Crippen LogP contribution in [0.15, 0.2) is 29.1 Å². The maximum Gasteiger partial charge on any atom is 0.509 e. The lowest BCUT2D eigenvalue weighted by Crippen LogP contribution is -2.44. The number of fused-ring (bicyclic) bond motifs is 1. The molecule has 38 heavy (non-hydrogen) atoms. The molecule has 3 heterocycles. The molecule has 0 radical (unpaired) electrons. The first-order valence-corrected chi connectivity index (χ1v) is 14.7. The summed E-state index contributed by atoms with van der Waals surface area (Å²) in [5, 5.41) is 0. The number of rotatable bonds is 4. The van der Waals surface area contributed by atoms with Crippen molar-refractivity contribution in [2.75, 3.05) is 31.1 Å². The zero-order valence-corrected chi connectivity index (χ0v) is 23.4. The standard InChI is InChI=1S/C30H44N4O4/c1-30(2,3)38-29(36)37-24-17-20-33(21-24)27-28(35)34(26-14-10-9-13-25(26)31-27)23-15-18-32(19-16-23)22-11-7-5-4-6-8-12-22/h9-10,13-14,22-24H,4-8,11-12,15-21H2,1-3H3/t24-/m0/s1. The third-order valence-electron chi connectivity index (χ3n) is 8.33. The van der Waals surface area contributed by atoms with E-state index in [1.807, 2.05) is 54.5 Å². The molecular formula is C30H44N4O4. The van der Waals surface area contributed by atoms with Crippen molar-refractivity contribution in [1.29, 1.82) is 0 Å². The Bertz CT molecular complexity index is 1160. The minimum atomic E-state index is -0.663. The minimum Gasteiger partial charge on any atom is -0.429 e. The second kappa shape index (κ2) is 11.6. The maximum absolute atomic E-state index is 14.0. The Kier molecular flexibility index (Phi) is 8.26. The van der Waals surface area contributed by atoms with Crippen molar-refractivity contribution in [1.82, 2.24) is 14.5 Å². The number of hydrogen-bond donors (Lipinski definition) is 0. The van der Waals surface area contributed by atoms with Crippen molar-refractivity contribution in [3.05, 3.63) is 34.6 Å². The molecule has 3 aliphatic rings. The Labute approximate surface area is 226 Å². The predicted molar refractivity (Wildman–Crippen MR) is 150 cm³/mol. The molecule has 3 fully saturated rings. The van der Waals surface area contributed by atoms with Gasteiger partial charge in [0.15, 0.2) is 5.82 Å². The average Bonchev–Trinajstić information content (AvgIpc) is 3.30. The summed E-state index contributed by atoms with van der Waals surface area (Å²) in [4.78, 5) is 35.6. The Morgan fingerprint density at radius 3 is 2.29 bits per heavy atom. The number of piperidine rings is 1. The predicted octanol–water partition coefficient (Wildman–Crippen LogP) is 5.68. The Balaban J connectivity index is 1.32. The molecule has 1 aliphatic carbocycles. The van der Waals surface area contributed by atoms with Crippen LogP contribution in [0, 0.1) is 0 Å². The Morgan fingerprint density at radius 1 is 0.895 bits per heavy atom. The van der Waals surface area contributed by atoms with E-state index in [4.69, 9.17) is 14.5 Å². The molecule has 8 nitrogen and oxygen atoms in total. The van der Waals surface area contributed by atoms with Crippen molar-refractivity contribution in [2.45, 2.75) is 109 Å². The molecule has 1 aromatic carbocycles. The molecule has 0 bridgehead atoms. The second-order valence-electron chi connectivity index (χ2n) is 12.3. The van der Waals surface area contributed by atoms with E-state index >= 15 is 0 Å². The molecule has 5 rings (SSSR count). The highest BCUT2D eigenvalue weighted by Gasteiger charge is 2.33. The summed E-state index contributed by atoms with van der Waals surface area (Å²) in [5.74, 6) is 0.460. The lowest BCUT2D eigenvalue weighted by Gasteiger charge is -2.39. The van der Waals surface area contributed by atoms with Crippen LogP contribution in [-0.2, 0) is 9.47 Å². The molecule has 0 N–H and O–H groups in total. The van der Waals surface area contributed by atoms with E-state index in [1.54, 1.807) is 0 Å². The van der Waals surface area contributed by atoms with Gasteiger partial charge in [-0.15, -0.1) is 0 Å². The quantitative estimate of drug-likeness (QED) is 0.477. The van der Waals surface area contributed by atoms with Gasteiger partial charge in [0.05, 0.1) is 17.6 Å². The van der Waals surface area contributed by atoms with Crippen molar-refractivity contribution >= 4 is 23.0 Å². The normalized spacial score (nSPS) is 22.8. The monoisotopic (exact) mass is 524 g/mol. The summed E-state index contributed by atoms with van der Waals surface area (Å²) in [6.45, 7) is 8.61.